The van der Waals surface area contributed by atoms with Gasteiger partial charge in [0.05, 0.1) is 33.1 Å². The molecule has 28 heavy (non-hydrogen) atoms. The minimum absolute atomic E-state index is 0. The third-order valence-electron chi connectivity index (χ3n) is 4.37. The summed E-state index contributed by atoms with van der Waals surface area (Å²) < 4.78 is 22.6. The summed E-state index contributed by atoms with van der Waals surface area (Å²) in [6.07, 6.45) is 2.43. The summed E-state index contributed by atoms with van der Waals surface area (Å²) in [6.45, 7) is 5.09. The Labute approximate surface area is 172 Å². The summed E-state index contributed by atoms with van der Waals surface area (Å²) in [7, 11) is 3.29. The fourth-order valence-electron chi connectivity index (χ4n) is 3.24. The zero-order chi connectivity index (χ0) is 19.2. The van der Waals surface area contributed by atoms with E-state index in [1.165, 1.54) is 0 Å². The van der Waals surface area contributed by atoms with Crippen LogP contribution >= 0.6 is 12.4 Å². The van der Waals surface area contributed by atoms with Crippen LogP contribution in [-0.2, 0) is 6.42 Å². The topological polar surface area (TPSA) is 49.8 Å². The number of methoxy groups -OCH3 is 2. The number of hydrogen-bond donors (Lipinski definition) is 0. The molecule has 0 amide bonds. The number of pyridine rings is 1. The lowest BCUT2D eigenvalue weighted by Gasteiger charge is -2.16. The van der Waals surface area contributed by atoms with E-state index in [1.807, 2.05) is 56.4 Å². The van der Waals surface area contributed by atoms with Crippen LogP contribution in [0.2, 0.25) is 0 Å². The number of aromatic nitrogens is 1. The van der Waals surface area contributed by atoms with Gasteiger partial charge in [-0.05, 0) is 38.1 Å². The van der Waals surface area contributed by atoms with Crippen LogP contribution in [0, 0.1) is 0 Å². The third kappa shape index (κ3) is 4.25. The minimum Gasteiger partial charge on any atom is -0.493 e. The maximum atomic E-state index is 5.89. The van der Waals surface area contributed by atoms with E-state index >= 15 is 0 Å². The van der Waals surface area contributed by atoms with Gasteiger partial charge in [-0.15, -0.1) is 12.4 Å². The lowest BCUT2D eigenvalue weighted by Crippen LogP contribution is -2.02. The first-order chi connectivity index (χ1) is 13.2. The van der Waals surface area contributed by atoms with Crippen molar-refractivity contribution in [2.24, 2.45) is 0 Å². The molecule has 0 radical (unpaired) electrons. The largest absolute Gasteiger partial charge is 0.493 e. The molecule has 0 saturated carbocycles. The van der Waals surface area contributed by atoms with Gasteiger partial charge in [0.1, 0.15) is 0 Å². The highest BCUT2D eigenvalue weighted by Gasteiger charge is 2.16. The Balaban J connectivity index is 0.00000280. The number of ether oxygens (including phenoxy) is 4. The fraction of sp³-hybridized carbons (Fsp3) is 0.318. The molecule has 6 heteroatoms. The SMILES string of the molecule is CCOc1ccc2c(Cc3cccc(OC)c3OC)nccc2c1OCC.Cl. The van der Waals surface area contributed by atoms with Crippen LogP contribution in [0.1, 0.15) is 25.1 Å². The predicted octanol–water partition coefficient (Wildman–Crippen LogP) is 5.06. The van der Waals surface area contributed by atoms with E-state index in [9.17, 15) is 0 Å². The van der Waals surface area contributed by atoms with Gasteiger partial charge in [0.2, 0.25) is 0 Å². The van der Waals surface area contributed by atoms with Gasteiger partial charge < -0.3 is 18.9 Å². The molecular weight excluding hydrogens is 378 g/mol. The molecule has 5 nitrogen and oxygen atoms in total. The number of halogens is 1. The summed E-state index contributed by atoms with van der Waals surface area (Å²) >= 11 is 0. The Kier molecular flexibility index (Phi) is 7.76. The molecule has 0 spiro atoms. The highest BCUT2D eigenvalue weighted by atomic mass is 35.5. The van der Waals surface area contributed by atoms with Gasteiger partial charge in [-0.1, -0.05) is 12.1 Å². The fourth-order valence-corrected chi connectivity index (χ4v) is 3.24. The standard InChI is InChI=1S/C22H25NO4.ClH/c1-5-26-20-11-10-16-17(22(20)27-6-2)12-13-23-18(16)14-15-8-7-9-19(24-3)21(15)25-4;/h7-13H,5-6,14H2,1-4H3;1H. The quantitative estimate of drug-likeness (QED) is 0.526. The van der Waals surface area contributed by atoms with Crippen molar-refractivity contribution < 1.29 is 18.9 Å². The highest BCUT2D eigenvalue weighted by molar-refractivity contribution is 5.92. The van der Waals surface area contributed by atoms with E-state index < -0.39 is 0 Å². The number of rotatable bonds is 8. The Morgan fingerprint density at radius 3 is 2.25 bits per heavy atom. The third-order valence-corrected chi connectivity index (χ3v) is 4.37. The van der Waals surface area contributed by atoms with E-state index in [0.29, 0.717) is 25.4 Å². The van der Waals surface area contributed by atoms with Gasteiger partial charge >= 0.3 is 0 Å². The molecule has 2 aromatic carbocycles. The first-order valence-electron chi connectivity index (χ1n) is 9.09. The van der Waals surface area contributed by atoms with Crippen LogP contribution in [0.5, 0.6) is 23.0 Å². The van der Waals surface area contributed by atoms with Gasteiger partial charge in [0.25, 0.3) is 0 Å². The lowest BCUT2D eigenvalue weighted by molar-refractivity contribution is 0.291. The molecule has 0 saturated heterocycles. The Morgan fingerprint density at radius 1 is 0.786 bits per heavy atom. The predicted molar refractivity (Wildman–Crippen MR) is 114 cm³/mol. The molecule has 3 rings (SSSR count). The molecule has 0 N–H and O–H groups in total. The molecule has 0 aliphatic rings. The van der Waals surface area contributed by atoms with Crippen LogP contribution in [0.4, 0.5) is 0 Å². The van der Waals surface area contributed by atoms with Gasteiger partial charge in [-0.2, -0.15) is 0 Å². The van der Waals surface area contributed by atoms with Crippen molar-refractivity contribution in [3.05, 3.63) is 53.9 Å². The van der Waals surface area contributed by atoms with Crippen LogP contribution < -0.4 is 18.9 Å². The molecule has 3 aromatic rings. The Morgan fingerprint density at radius 2 is 1.57 bits per heavy atom. The van der Waals surface area contributed by atoms with Crippen molar-refractivity contribution >= 4 is 23.2 Å². The molecule has 0 bridgehead atoms. The number of para-hydroxylation sites is 1. The number of nitrogens with zero attached hydrogens (tertiary/aromatic N) is 1. The van der Waals surface area contributed by atoms with E-state index in [0.717, 1.165) is 39.3 Å². The minimum atomic E-state index is 0. The van der Waals surface area contributed by atoms with Crippen molar-refractivity contribution in [1.82, 2.24) is 4.98 Å². The number of benzene rings is 2. The van der Waals surface area contributed by atoms with Gasteiger partial charge in [-0.25, -0.2) is 0 Å². The average molecular weight is 404 g/mol. The van der Waals surface area contributed by atoms with Crippen molar-refractivity contribution in [3.63, 3.8) is 0 Å². The first-order valence-corrected chi connectivity index (χ1v) is 9.09. The van der Waals surface area contributed by atoms with Gasteiger partial charge in [0, 0.05) is 29.0 Å². The molecule has 0 fully saturated rings. The number of fused-ring (bicyclic) bond motifs is 1. The van der Waals surface area contributed by atoms with Crippen LogP contribution in [0.3, 0.4) is 0 Å². The molecule has 1 aromatic heterocycles. The van der Waals surface area contributed by atoms with Crippen molar-refractivity contribution in [3.8, 4) is 23.0 Å². The van der Waals surface area contributed by atoms with Crippen LogP contribution in [0.25, 0.3) is 10.8 Å². The van der Waals surface area contributed by atoms with Gasteiger partial charge in [-0.3, -0.25) is 4.98 Å². The van der Waals surface area contributed by atoms with Crippen molar-refractivity contribution in [2.45, 2.75) is 20.3 Å². The highest BCUT2D eigenvalue weighted by Crippen LogP contribution is 2.38. The van der Waals surface area contributed by atoms with Crippen molar-refractivity contribution in [2.75, 3.05) is 27.4 Å². The summed E-state index contributed by atoms with van der Waals surface area (Å²) in [5, 5.41) is 2.03. The number of hydrogen-bond acceptors (Lipinski definition) is 5. The van der Waals surface area contributed by atoms with E-state index in [1.54, 1.807) is 14.2 Å². The van der Waals surface area contributed by atoms with E-state index in [2.05, 4.69) is 4.98 Å². The van der Waals surface area contributed by atoms with Crippen LogP contribution in [-0.4, -0.2) is 32.4 Å². The molecule has 150 valence electrons. The summed E-state index contributed by atoms with van der Waals surface area (Å²) in [6, 6.07) is 11.8. The second-order valence-corrected chi connectivity index (χ2v) is 5.94. The zero-order valence-corrected chi connectivity index (χ0v) is 17.5. The van der Waals surface area contributed by atoms with Gasteiger partial charge in [0.15, 0.2) is 23.0 Å². The molecule has 0 aliphatic heterocycles. The molecule has 0 atom stereocenters. The Bertz CT molecular complexity index is 930. The molecular formula is C22H26ClNO4. The lowest BCUT2D eigenvalue weighted by atomic mass is 10.0. The average Bonchev–Trinajstić information content (AvgIpc) is 2.70. The summed E-state index contributed by atoms with van der Waals surface area (Å²) in [4.78, 5) is 4.62. The molecule has 0 unspecified atom stereocenters. The van der Waals surface area contributed by atoms with E-state index in [-0.39, 0.29) is 12.4 Å². The van der Waals surface area contributed by atoms with Crippen LogP contribution in [0.15, 0.2) is 42.6 Å². The van der Waals surface area contributed by atoms with E-state index in [4.69, 9.17) is 18.9 Å². The first kappa shape index (κ1) is 21.6. The second-order valence-electron chi connectivity index (χ2n) is 5.94. The second kappa shape index (κ2) is 10.0. The molecule has 0 aliphatic carbocycles. The monoisotopic (exact) mass is 403 g/mol. The maximum Gasteiger partial charge on any atom is 0.169 e. The molecule has 1 heterocycles. The zero-order valence-electron chi connectivity index (χ0n) is 16.7. The van der Waals surface area contributed by atoms with Crippen molar-refractivity contribution in [1.29, 1.82) is 0 Å². The normalized spacial score (nSPS) is 10.3. The summed E-state index contributed by atoms with van der Waals surface area (Å²) in [5.41, 5.74) is 1.96. The Hall–Kier alpha value is -2.66. The maximum absolute atomic E-state index is 5.89. The summed E-state index contributed by atoms with van der Waals surface area (Å²) in [5.74, 6) is 2.96. The smallest absolute Gasteiger partial charge is 0.169 e.